The van der Waals surface area contributed by atoms with E-state index in [9.17, 15) is 0 Å². The van der Waals surface area contributed by atoms with E-state index in [0.29, 0.717) is 0 Å². The van der Waals surface area contributed by atoms with Gasteiger partial charge in [0.2, 0.25) is 0 Å². The molecule has 13 heavy (non-hydrogen) atoms. The van der Waals surface area contributed by atoms with Crippen molar-refractivity contribution in [2.24, 2.45) is 0 Å². The van der Waals surface area contributed by atoms with Crippen molar-refractivity contribution in [1.82, 2.24) is 10.2 Å². The van der Waals surface area contributed by atoms with Crippen LogP contribution in [-0.2, 0) is 0 Å². The van der Waals surface area contributed by atoms with Crippen LogP contribution in [0.25, 0.3) is 0 Å². The Morgan fingerprint density at radius 2 is 1.77 bits per heavy atom. The molecule has 0 aliphatic carbocycles. The van der Waals surface area contributed by atoms with Crippen LogP contribution in [0.4, 0.5) is 0 Å². The minimum atomic E-state index is 0. The molecule has 2 rings (SSSR count). The van der Waals surface area contributed by atoms with Gasteiger partial charge in [0.1, 0.15) is 0 Å². The summed E-state index contributed by atoms with van der Waals surface area (Å²) in [4.78, 5) is 2.60. The van der Waals surface area contributed by atoms with Gasteiger partial charge in [0, 0.05) is 12.6 Å². The third-order valence-electron chi connectivity index (χ3n) is 2.84. The van der Waals surface area contributed by atoms with Gasteiger partial charge in [-0.1, -0.05) is 0 Å². The molecule has 2 fully saturated rings. The van der Waals surface area contributed by atoms with Gasteiger partial charge in [0.25, 0.3) is 0 Å². The average molecular weight is 227 g/mol. The molecule has 0 spiro atoms. The lowest BCUT2D eigenvalue weighted by molar-refractivity contribution is 0.303. The zero-order chi connectivity index (χ0) is 7.52. The van der Waals surface area contributed by atoms with Gasteiger partial charge in [-0.15, -0.1) is 24.8 Å². The number of hydrogen-bond donors (Lipinski definition) is 1. The van der Waals surface area contributed by atoms with Crippen LogP contribution >= 0.6 is 24.8 Å². The molecule has 4 heteroatoms. The Hall–Kier alpha value is 0.500. The lowest BCUT2D eigenvalue weighted by Gasteiger charge is -2.19. The van der Waals surface area contributed by atoms with E-state index in [2.05, 4.69) is 10.2 Å². The van der Waals surface area contributed by atoms with Gasteiger partial charge < -0.3 is 10.2 Å². The van der Waals surface area contributed by atoms with Gasteiger partial charge in [-0.3, -0.25) is 0 Å². The topological polar surface area (TPSA) is 15.3 Å². The molecule has 1 atom stereocenters. The standard InChI is InChI=1S/C9H18N2.2ClH/c1-2-7-11(6-1)8-9-4-3-5-10-9;;/h9-10H,1-8H2;2*1H/t9-;;/m1../s1. The van der Waals surface area contributed by atoms with Crippen LogP contribution in [0.1, 0.15) is 25.7 Å². The molecule has 0 saturated carbocycles. The van der Waals surface area contributed by atoms with Crippen molar-refractivity contribution in [2.75, 3.05) is 26.2 Å². The van der Waals surface area contributed by atoms with Crippen LogP contribution in [0.2, 0.25) is 0 Å². The Bertz CT molecular complexity index is 107. The van der Waals surface area contributed by atoms with E-state index in [1.165, 1.54) is 51.9 Å². The zero-order valence-electron chi connectivity index (χ0n) is 8.00. The Morgan fingerprint density at radius 3 is 2.31 bits per heavy atom. The zero-order valence-corrected chi connectivity index (χ0v) is 9.63. The number of likely N-dealkylation sites (tertiary alicyclic amines) is 1. The molecule has 80 valence electrons. The number of halogens is 2. The van der Waals surface area contributed by atoms with E-state index >= 15 is 0 Å². The van der Waals surface area contributed by atoms with Gasteiger partial charge in [-0.2, -0.15) is 0 Å². The first-order valence-corrected chi connectivity index (χ1v) is 4.91. The normalized spacial score (nSPS) is 28.2. The SMILES string of the molecule is C1CN[C@@H](CN2CCCC2)C1.Cl.Cl. The highest BCUT2D eigenvalue weighted by Crippen LogP contribution is 2.11. The molecule has 0 amide bonds. The van der Waals surface area contributed by atoms with Crippen LogP contribution in [0.5, 0.6) is 0 Å². The molecular weight excluding hydrogens is 207 g/mol. The largest absolute Gasteiger partial charge is 0.313 e. The van der Waals surface area contributed by atoms with Crippen LogP contribution < -0.4 is 5.32 Å². The lowest BCUT2D eigenvalue weighted by Crippen LogP contribution is -2.35. The summed E-state index contributed by atoms with van der Waals surface area (Å²) in [7, 11) is 0. The maximum atomic E-state index is 3.54. The summed E-state index contributed by atoms with van der Waals surface area (Å²) in [6.45, 7) is 5.24. The predicted molar refractivity (Wildman–Crippen MR) is 61.2 cm³/mol. The average Bonchev–Trinajstić information content (AvgIpc) is 2.60. The Kier molecular flexibility index (Phi) is 7.15. The van der Waals surface area contributed by atoms with E-state index in [-0.39, 0.29) is 24.8 Å². The van der Waals surface area contributed by atoms with Crippen LogP contribution in [-0.4, -0.2) is 37.1 Å². The Balaban J connectivity index is 0.000000720. The molecule has 2 aliphatic rings. The summed E-state index contributed by atoms with van der Waals surface area (Å²) in [5.74, 6) is 0. The first kappa shape index (κ1) is 13.5. The number of hydrogen-bond acceptors (Lipinski definition) is 2. The van der Waals surface area contributed by atoms with Gasteiger partial charge >= 0.3 is 0 Å². The monoisotopic (exact) mass is 226 g/mol. The highest BCUT2D eigenvalue weighted by Gasteiger charge is 2.19. The third kappa shape index (κ3) is 4.03. The van der Waals surface area contributed by atoms with Crippen molar-refractivity contribution in [3.63, 3.8) is 0 Å². The molecule has 0 radical (unpaired) electrons. The first-order chi connectivity index (χ1) is 5.45. The van der Waals surface area contributed by atoms with Crippen LogP contribution in [0.15, 0.2) is 0 Å². The maximum Gasteiger partial charge on any atom is 0.0195 e. The molecule has 0 aromatic rings. The summed E-state index contributed by atoms with van der Waals surface area (Å²) in [6.07, 6.45) is 5.63. The molecule has 0 bridgehead atoms. The summed E-state index contributed by atoms with van der Waals surface area (Å²) >= 11 is 0. The van der Waals surface area contributed by atoms with E-state index in [1.54, 1.807) is 0 Å². The molecule has 2 nitrogen and oxygen atoms in total. The molecule has 0 unspecified atom stereocenters. The third-order valence-corrected chi connectivity index (χ3v) is 2.84. The molecule has 2 heterocycles. The van der Waals surface area contributed by atoms with Crippen molar-refractivity contribution < 1.29 is 0 Å². The Labute approximate surface area is 93.3 Å². The van der Waals surface area contributed by atoms with Crippen molar-refractivity contribution in [3.05, 3.63) is 0 Å². The first-order valence-electron chi connectivity index (χ1n) is 4.91. The highest BCUT2D eigenvalue weighted by molar-refractivity contribution is 5.85. The Morgan fingerprint density at radius 1 is 1.08 bits per heavy atom. The second-order valence-electron chi connectivity index (χ2n) is 3.80. The van der Waals surface area contributed by atoms with Gasteiger partial charge in [0.15, 0.2) is 0 Å². The maximum absolute atomic E-state index is 3.54. The van der Waals surface area contributed by atoms with Gasteiger partial charge in [-0.25, -0.2) is 0 Å². The minimum Gasteiger partial charge on any atom is -0.313 e. The fourth-order valence-electron chi connectivity index (χ4n) is 2.19. The summed E-state index contributed by atoms with van der Waals surface area (Å²) in [5, 5.41) is 3.54. The molecule has 2 saturated heterocycles. The molecule has 0 aromatic heterocycles. The van der Waals surface area contributed by atoms with Crippen LogP contribution in [0, 0.1) is 0 Å². The van der Waals surface area contributed by atoms with Crippen LogP contribution in [0.3, 0.4) is 0 Å². The van der Waals surface area contributed by atoms with E-state index < -0.39 is 0 Å². The van der Waals surface area contributed by atoms with Crippen molar-refractivity contribution in [2.45, 2.75) is 31.7 Å². The second kappa shape index (κ2) is 6.88. The minimum absolute atomic E-state index is 0. The van der Waals surface area contributed by atoms with Gasteiger partial charge in [-0.05, 0) is 45.3 Å². The molecule has 1 N–H and O–H groups in total. The summed E-state index contributed by atoms with van der Waals surface area (Å²) in [5.41, 5.74) is 0. The van der Waals surface area contributed by atoms with Crippen molar-refractivity contribution in [1.29, 1.82) is 0 Å². The quantitative estimate of drug-likeness (QED) is 0.772. The molecular formula is C9H20Cl2N2. The van der Waals surface area contributed by atoms with Gasteiger partial charge in [0.05, 0.1) is 0 Å². The summed E-state index contributed by atoms with van der Waals surface area (Å²) in [6, 6.07) is 0.813. The van der Waals surface area contributed by atoms with Crippen molar-refractivity contribution >= 4 is 24.8 Å². The highest BCUT2D eigenvalue weighted by atomic mass is 35.5. The van der Waals surface area contributed by atoms with E-state index in [0.717, 1.165) is 6.04 Å². The fourth-order valence-corrected chi connectivity index (χ4v) is 2.19. The van der Waals surface area contributed by atoms with Crippen molar-refractivity contribution in [3.8, 4) is 0 Å². The second-order valence-corrected chi connectivity index (χ2v) is 3.80. The molecule has 0 aromatic carbocycles. The smallest absolute Gasteiger partial charge is 0.0195 e. The molecule has 2 aliphatic heterocycles. The number of nitrogens with zero attached hydrogens (tertiary/aromatic N) is 1. The number of nitrogens with one attached hydrogen (secondary N) is 1. The number of rotatable bonds is 2. The van der Waals surface area contributed by atoms with E-state index in [4.69, 9.17) is 0 Å². The fraction of sp³-hybridized carbons (Fsp3) is 1.00. The lowest BCUT2D eigenvalue weighted by atomic mass is 10.2. The van der Waals surface area contributed by atoms with E-state index in [1.807, 2.05) is 0 Å². The predicted octanol–water partition coefficient (Wildman–Crippen LogP) is 1.68. The summed E-state index contributed by atoms with van der Waals surface area (Å²) < 4.78 is 0.